The first-order valence-electron chi connectivity index (χ1n) is 4.83. The predicted octanol–water partition coefficient (Wildman–Crippen LogP) is 4.18. The average molecular weight is 316 g/mol. The van der Waals surface area contributed by atoms with Crippen LogP contribution in [0, 0.1) is 12.2 Å². The van der Waals surface area contributed by atoms with Crippen LogP contribution in [0.25, 0.3) is 0 Å². The van der Waals surface area contributed by atoms with Crippen LogP contribution in [0.3, 0.4) is 0 Å². The summed E-state index contributed by atoms with van der Waals surface area (Å²) in [7, 11) is 1.39. The molecule has 0 aliphatic heterocycles. The molecule has 2 aliphatic carbocycles. The Labute approximate surface area is 123 Å². The number of halogens is 1. The van der Waals surface area contributed by atoms with Crippen molar-refractivity contribution >= 4 is 11.9 Å². The van der Waals surface area contributed by atoms with Crippen molar-refractivity contribution in [3.8, 4) is 0 Å². The van der Waals surface area contributed by atoms with Gasteiger partial charge in [0.1, 0.15) is 0 Å². The topological polar surface area (TPSA) is 9.23 Å². The third-order valence-corrected chi connectivity index (χ3v) is 1.73. The smallest absolute Gasteiger partial charge is 0.283 e. The van der Waals surface area contributed by atoms with Gasteiger partial charge in [0.05, 0.1) is 19.0 Å². The predicted molar refractivity (Wildman–Crippen MR) is 65.2 cm³/mol. The molecule has 0 saturated heterocycles. The van der Waals surface area contributed by atoms with E-state index in [2.05, 4.69) is 66.5 Å². The largest absolute Gasteiger partial charge is 2.00 e. The summed E-state index contributed by atoms with van der Waals surface area (Å²) in [5.74, 6) is 0. The Morgan fingerprint density at radius 2 is 1.38 bits per heavy atom. The molecule has 0 saturated carbocycles. The van der Waals surface area contributed by atoms with Crippen molar-refractivity contribution in [2.45, 2.75) is 26.7 Å². The number of rotatable bonds is 0. The van der Waals surface area contributed by atoms with E-state index in [0.29, 0.717) is 0 Å². The molecule has 3 heteroatoms. The molecule has 1 nitrogen and oxygen atoms in total. The van der Waals surface area contributed by atoms with Gasteiger partial charge in [0.25, 0.3) is 0 Å². The van der Waals surface area contributed by atoms with E-state index in [4.69, 9.17) is 0 Å². The molecular weight excluding hydrogens is 299 g/mol. The van der Waals surface area contributed by atoms with Crippen LogP contribution in [0.5, 0.6) is 0 Å². The van der Waals surface area contributed by atoms with Crippen LogP contribution in [0.4, 0.5) is 0 Å². The van der Waals surface area contributed by atoms with E-state index in [1.165, 1.54) is 18.3 Å². The van der Waals surface area contributed by atoms with Crippen LogP contribution in [-0.2, 0) is 30.5 Å². The maximum Gasteiger partial charge on any atom is 2.00 e. The summed E-state index contributed by atoms with van der Waals surface area (Å²) in [5, 5.41) is 0. The molecule has 0 aromatic carbocycles. The second-order valence-corrected chi connectivity index (χ2v) is 3.40. The van der Waals surface area contributed by atoms with Gasteiger partial charge in [-0.3, -0.25) is 16.4 Å². The summed E-state index contributed by atoms with van der Waals surface area (Å²) in [6, 6.07) is 0. The molecular formula is C13H17ClOZr. The van der Waals surface area contributed by atoms with Crippen LogP contribution in [0.15, 0.2) is 35.5 Å². The average Bonchev–Trinajstić information content (AvgIpc) is 2.81. The van der Waals surface area contributed by atoms with Gasteiger partial charge in [0, 0.05) is 0 Å². The number of allylic oxidation sites excluding steroid dienone is 8. The van der Waals surface area contributed by atoms with Crippen LogP contribution in [0.1, 0.15) is 26.7 Å². The van der Waals surface area contributed by atoms with Crippen molar-refractivity contribution in [1.29, 1.82) is 0 Å². The summed E-state index contributed by atoms with van der Waals surface area (Å²) >= 11 is 4.50. The third kappa shape index (κ3) is 12.2. The first-order chi connectivity index (χ1) is 7.20. The molecule has 0 fully saturated rings. The SMILES string of the molecule is CC1=[C-]CC=C1.CC1=[C-]CC=C1.COCl.[Zr+2]. The Hall–Kier alpha value is 0.0931. The summed E-state index contributed by atoms with van der Waals surface area (Å²) in [6.07, 6.45) is 16.7. The quantitative estimate of drug-likeness (QED) is 0.609. The van der Waals surface area contributed by atoms with E-state index < -0.39 is 0 Å². The Morgan fingerprint density at radius 3 is 1.44 bits per heavy atom. The first-order valence-corrected chi connectivity index (χ1v) is 5.14. The van der Waals surface area contributed by atoms with Gasteiger partial charge in [0.2, 0.25) is 0 Å². The monoisotopic (exact) mass is 314 g/mol. The molecule has 86 valence electrons. The Morgan fingerprint density at radius 1 is 1.06 bits per heavy atom. The summed E-state index contributed by atoms with van der Waals surface area (Å²) < 4.78 is 3.72. The maximum absolute atomic E-state index is 4.50. The fourth-order valence-corrected chi connectivity index (χ4v) is 1.03. The van der Waals surface area contributed by atoms with Crippen molar-refractivity contribution in [2.75, 3.05) is 7.11 Å². The van der Waals surface area contributed by atoms with Crippen molar-refractivity contribution in [3.05, 3.63) is 47.6 Å². The zero-order chi connectivity index (χ0) is 11.5. The summed E-state index contributed by atoms with van der Waals surface area (Å²) in [5.41, 5.74) is 2.55. The molecule has 0 spiro atoms. The van der Waals surface area contributed by atoms with Gasteiger partial charge in [-0.15, -0.1) is 12.8 Å². The molecule has 16 heavy (non-hydrogen) atoms. The van der Waals surface area contributed by atoms with Crippen molar-refractivity contribution < 1.29 is 30.5 Å². The van der Waals surface area contributed by atoms with Gasteiger partial charge < -0.3 is 0 Å². The van der Waals surface area contributed by atoms with Crippen LogP contribution in [-0.4, -0.2) is 7.11 Å². The molecule has 0 amide bonds. The van der Waals surface area contributed by atoms with Gasteiger partial charge in [-0.05, 0) is 0 Å². The van der Waals surface area contributed by atoms with E-state index >= 15 is 0 Å². The molecule has 0 unspecified atom stereocenters. The van der Waals surface area contributed by atoms with E-state index in [9.17, 15) is 0 Å². The van der Waals surface area contributed by atoms with Gasteiger partial charge in [-0.25, -0.2) is 23.3 Å². The minimum absolute atomic E-state index is 0. The third-order valence-electron chi connectivity index (χ3n) is 1.73. The minimum atomic E-state index is 0. The molecule has 0 bridgehead atoms. The zero-order valence-electron chi connectivity index (χ0n) is 10.0. The number of hydrogen-bond donors (Lipinski definition) is 0. The zero-order valence-corrected chi connectivity index (χ0v) is 13.2. The molecule has 0 aromatic heterocycles. The van der Waals surface area contributed by atoms with Gasteiger partial charge in [-0.2, -0.15) is 12.2 Å². The van der Waals surface area contributed by atoms with Crippen molar-refractivity contribution in [3.63, 3.8) is 0 Å². The van der Waals surface area contributed by atoms with E-state index in [-0.39, 0.29) is 26.2 Å². The maximum atomic E-state index is 4.50. The van der Waals surface area contributed by atoms with Crippen LogP contribution < -0.4 is 0 Å². The van der Waals surface area contributed by atoms with Crippen molar-refractivity contribution in [1.82, 2.24) is 0 Å². The second-order valence-electron chi connectivity index (χ2n) is 3.09. The fourth-order valence-electron chi connectivity index (χ4n) is 1.03. The molecule has 0 radical (unpaired) electrons. The summed E-state index contributed by atoms with van der Waals surface area (Å²) in [6.45, 7) is 4.12. The molecule has 0 atom stereocenters. The fraction of sp³-hybridized carbons (Fsp3) is 0.385. The van der Waals surface area contributed by atoms with Crippen molar-refractivity contribution in [2.24, 2.45) is 0 Å². The Balaban J connectivity index is 0. The van der Waals surface area contributed by atoms with Gasteiger partial charge >= 0.3 is 26.2 Å². The molecule has 0 heterocycles. The summed E-state index contributed by atoms with van der Waals surface area (Å²) in [4.78, 5) is 0. The first kappa shape index (κ1) is 18.5. The molecule has 0 aromatic rings. The van der Waals surface area contributed by atoms with E-state index in [1.54, 1.807) is 0 Å². The second kappa shape index (κ2) is 13.2. The molecule has 0 N–H and O–H groups in total. The van der Waals surface area contributed by atoms with Crippen LogP contribution >= 0.6 is 11.9 Å². The normalized spacial score (nSPS) is 15.0. The Kier molecular flexibility index (Phi) is 15.2. The van der Waals surface area contributed by atoms with Gasteiger partial charge in [-0.1, -0.05) is 13.8 Å². The standard InChI is InChI=1S/2C6H7.CH3ClO.Zr/c2*1-6-4-2-3-5-6;1-3-2;/h2*2,4H,3H2,1H3;1H3;/q2*-1;;+2. The molecule has 2 aliphatic rings. The number of hydrogen-bond acceptors (Lipinski definition) is 1. The van der Waals surface area contributed by atoms with Crippen LogP contribution in [0.2, 0.25) is 0 Å². The Bertz CT molecular complexity index is 244. The van der Waals surface area contributed by atoms with E-state index in [0.717, 1.165) is 12.8 Å². The van der Waals surface area contributed by atoms with Gasteiger partial charge in [0.15, 0.2) is 0 Å². The minimum Gasteiger partial charge on any atom is -0.283 e. The molecule has 2 rings (SSSR count). The van der Waals surface area contributed by atoms with E-state index in [1.807, 2.05) is 0 Å².